The molecule has 2 amide bonds. The highest BCUT2D eigenvalue weighted by Crippen LogP contribution is 2.31. The van der Waals surface area contributed by atoms with Crippen LogP contribution >= 0.6 is 0 Å². The van der Waals surface area contributed by atoms with Crippen LogP contribution in [0.1, 0.15) is 23.2 Å². The summed E-state index contributed by atoms with van der Waals surface area (Å²) < 4.78 is 16.8. The predicted octanol–water partition coefficient (Wildman–Crippen LogP) is 3.95. The van der Waals surface area contributed by atoms with Crippen molar-refractivity contribution in [3.63, 3.8) is 0 Å². The summed E-state index contributed by atoms with van der Waals surface area (Å²) in [5, 5.41) is 5.91. The molecule has 2 aliphatic heterocycles. The highest BCUT2D eigenvalue weighted by molar-refractivity contribution is 6.02. The Labute approximate surface area is 235 Å². The van der Waals surface area contributed by atoms with Crippen LogP contribution in [-0.2, 0) is 9.53 Å². The van der Waals surface area contributed by atoms with Crippen LogP contribution in [0.15, 0.2) is 72.8 Å². The van der Waals surface area contributed by atoms with Gasteiger partial charge < -0.3 is 34.6 Å². The number of ether oxygens (including phenoxy) is 3. The number of nitrogens with zero attached hydrogens (tertiary/aromatic N) is 2. The maximum Gasteiger partial charge on any atom is 0.262 e. The van der Waals surface area contributed by atoms with Crippen LogP contribution in [0.4, 0.5) is 17.1 Å². The summed E-state index contributed by atoms with van der Waals surface area (Å²) in [5.41, 5.74) is 2.96. The molecule has 1 unspecified atom stereocenters. The van der Waals surface area contributed by atoms with Gasteiger partial charge in [-0.2, -0.15) is 0 Å². The molecule has 2 heterocycles. The summed E-state index contributed by atoms with van der Waals surface area (Å²) in [6.07, 6.45) is 1.99. The average Bonchev–Trinajstić information content (AvgIpc) is 3.53. The minimum Gasteiger partial charge on any atom is -0.495 e. The number of rotatable bonds is 10. The van der Waals surface area contributed by atoms with Gasteiger partial charge in [0.05, 0.1) is 24.5 Å². The van der Waals surface area contributed by atoms with Gasteiger partial charge in [0, 0.05) is 50.7 Å². The van der Waals surface area contributed by atoms with Crippen molar-refractivity contribution in [3.8, 4) is 11.5 Å². The van der Waals surface area contributed by atoms with Crippen molar-refractivity contribution in [1.82, 2.24) is 5.32 Å². The van der Waals surface area contributed by atoms with Crippen LogP contribution in [-0.4, -0.2) is 71.0 Å². The molecule has 2 aliphatic rings. The van der Waals surface area contributed by atoms with Crippen molar-refractivity contribution in [2.75, 3.05) is 68.2 Å². The quantitative estimate of drug-likeness (QED) is 0.399. The Balaban J connectivity index is 1.28. The third-order valence-electron chi connectivity index (χ3n) is 7.20. The van der Waals surface area contributed by atoms with E-state index in [4.69, 9.17) is 14.2 Å². The first-order chi connectivity index (χ1) is 19.6. The SMILES string of the molecule is COc1ccccc1N1CCN(c2ccc(NC(=O)COc3ccccc3)cc2C(=O)NCC2CCCO2)CC1. The minimum absolute atomic E-state index is 0.0369. The molecule has 0 saturated carbocycles. The van der Waals surface area contributed by atoms with Crippen LogP contribution in [0.25, 0.3) is 0 Å². The Morgan fingerprint density at radius 2 is 1.65 bits per heavy atom. The third-order valence-corrected chi connectivity index (χ3v) is 7.20. The van der Waals surface area contributed by atoms with E-state index in [1.807, 2.05) is 48.5 Å². The second-order valence-electron chi connectivity index (χ2n) is 9.87. The number of para-hydroxylation sites is 3. The summed E-state index contributed by atoms with van der Waals surface area (Å²) in [6, 6.07) is 22.7. The number of amides is 2. The van der Waals surface area contributed by atoms with Crippen LogP contribution < -0.4 is 29.9 Å². The van der Waals surface area contributed by atoms with Crippen LogP contribution in [0, 0.1) is 0 Å². The van der Waals surface area contributed by atoms with Gasteiger partial charge >= 0.3 is 0 Å². The lowest BCUT2D eigenvalue weighted by atomic mass is 10.1. The van der Waals surface area contributed by atoms with E-state index < -0.39 is 0 Å². The first kappa shape index (κ1) is 27.3. The predicted molar refractivity (Wildman–Crippen MR) is 156 cm³/mol. The molecule has 2 fully saturated rings. The average molecular weight is 545 g/mol. The number of benzene rings is 3. The number of carbonyl (C=O) groups is 2. The van der Waals surface area contributed by atoms with Gasteiger partial charge in [-0.25, -0.2) is 0 Å². The van der Waals surface area contributed by atoms with E-state index in [0.29, 0.717) is 23.5 Å². The number of piperazine rings is 1. The normalized spacial score (nSPS) is 16.9. The molecule has 3 aromatic rings. The lowest BCUT2D eigenvalue weighted by Crippen LogP contribution is -2.47. The largest absolute Gasteiger partial charge is 0.495 e. The number of carbonyl (C=O) groups excluding carboxylic acids is 2. The second kappa shape index (κ2) is 13.2. The molecular weight excluding hydrogens is 508 g/mol. The van der Waals surface area contributed by atoms with Gasteiger partial charge in [-0.1, -0.05) is 30.3 Å². The summed E-state index contributed by atoms with van der Waals surface area (Å²) >= 11 is 0. The van der Waals surface area contributed by atoms with E-state index >= 15 is 0 Å². The summed E-state index contributed by atoms with van der Waals surface area (Å²) in [4.78, 5) is 30.5. The van der Waals surface area contributed by atoms with Crippen molar-refractivity contribution in [2.45, 2.75) is 18.9 Å². The van der Waals surface area contributed by atoms with E-state index in [0.717, 1.165) is 62.8 Å². The Morgan fingerprint density at radius 3 is 2.38 bits per heavy atom. The van der Waals surface area contributed by atoms with E-state index in [-0.39, 0.29) is 24.5 Å². The molecule has 0 spiro atoms. The first-order valence-electron chi connectivity index (χ1n) is 13.7. The molecule has 9 nitrogen and oxygen atoms in total. The highest BCUT2D eigenvalue weighted by Gasteiger charge is 2.25. The molecule has 3 aromatic carbocycles. The van der Waals surface area contributed by atoms with Crippen molar-refractivity contribution >= 4 is 28.9 Å². The standard InChI is InChI=1S/C31H36N4O5/c1-38-29-12-6-5-11-28(29)35-17-15-34(16-18-35)27-14-13-23(33-30(36)22-40-24-8-3-2-4-9-24)20-26(27)31(37)32-21-25-10-7-19-39-25/h2-6,8-9,11-14,20,25H,7,10,15-19,21-22H2,1H3,(H,32,37)(H,33,36). The molecule has 40 heavy (non-hydrogen) atoms. The summed E-state index contributed by atoms with van der Waals surface area (Å²) in [7, 11) is 1.69. The maximum absolute atomic E-state index is 13.4. The Morgan fingerprint density at radius 1 is 0.925 bits per heavy atom. The molecule has 2 saturated heterocycles. The smallest absolute Gasteiger partial charge is 0.262 e. The fourth-order valence-electron chi connectivity index (χ4n) is 5.12. The molecule has 1 atom stereocenters. The number of nitrogens with one attached hydrogen (secondary N) is 2. The number of hydrogen-bond acceptors (Lipinski definition) is 7. The lowest BCUT2D eigenvalue weighted by molar-refractivity contribution is -0.118. The van der Waals surface area contributed by atoms with Gasteiger partial charge in [-0.3, -0.25) is 9.59 Å². The number of methoxy groups -OCH3 is 1. The highest BCUT2D eigenvalue weighted by atomic mass is 16.5. The zero-order chi connectivity index (χ0) is 27.7. The zero-order valence-electron chi connectivity index (χ0n) is 22.8. The molecule has 0 aliphatic carbocycles. The summed E-state index contributed by atoms with van der Waals surface area (Å²) in [6.45, 7) is 4.11. The van der Waals surface area contributed by atoms with Gasteiger partial charge in [0.2, 0.25) is 0 Å². The van der Waals surface area contributed by atoms with Crippen molar-refractivity contribution in [2.24, 2.45) is 0 Å². The molecular formula is C31H36N4O5. The third kappa shape index (κ3) is 6.84. The van der Waals surface area contributed by atoms with Crippen molar-refractivity contribution in [1.29, 1.82) is 0 Å². The Hall–Kier alpha value is -4.24. The topological polar surface area (TPSA) is 92.4 Å². The van der Waals surface area contributed by atoms with E-state index in [9.17, 15) is 9.59 Å². The number of anilines is 3. The van der Waals surface area contributed by atoms with Crippen LogP contribution in [0.5, 0.6) is 11.5 Å². The van der Waals surface area contributed by atoms with Gasteiger partial charge in [-0.15, -0.1) is 0 Å². The lowest BCUT2D eigenvalue weighted by Gasteiger charge is -2.38. The molecule has 0 bridgehead atoms. The van der Waals surface area contributed by atoms with Gasteiger partial charge in [0.15, 0.2) is 6.61 Å². The van der Waals surface area contributed by atoms with E-state index in [2.05, 4.69) is 26.5 Å². The summed E-state index contributed by atoms with van der Waals surface area (Å²) in [5.74, 6) is 0.984. The fourth-order valence-corrected chi connectivity index (χ4v) is 5.12. The Kier molecular flexibility index (Phi) is 9.03. The second-order valence-corrected chi connectivity index (χ2v) is 9.87. The Bertz CT molecular complexity index is 1290. The van der Waals surface area contributed by atoms with Crippen LogP contribution in [0.3, 0.4) is 0 Å². The minimum atomic E-state index is -0.298. The van der Waals surface area contributed by atoms with Crippen molar-refractivity contribution in [3.05, 3.63) is 78.4 Å². The molecule has 0 radical (unpaired) electrons. The zero-order valence-corrected chi connectivity index (χ0v) is 22.8. The number of hydrogen-bond donors (Lipinski definition) is 2. The molecule has 210 valence electrons. The molecule has 0 aromatic heterocycles. The van der Waals surface area contributed by atoms with Gasteiger partial charge in [0.25, 0.3) is 11.8 Å². The maximum atomic E-state index is 13.4. The molecule has 5 rings (SSSR count). The van der Waals surface area contributed by atoms with Gasteiger partial charge in [0.1, 0.15) is 11.5 Å². The molecule has 9 heteroatoms. The van der Waals surface area contributed by atoms with E-state index in [1.54, 1.807) is 25.3 Å². The van der Waals surface area contributed by atoms with Crippen molar-refractivity contribution < 1.29 is 23.8 Å². The monoisotopic (exact) mass is 544 g/mol. The van der Waals surface area contributed by atoms with Gasteiger partial charge in [-0.05, 0) is 55.3 Å². The van der Waals surface area contributed by atoms with Crippen LogP contribution in [0.2, 0.25) is 0 Å². The first-order valence-corrected chi connectivity index (χ1v) is 13.7. The van der Waals surface area contributed by atoms with E-state index in [1.165, 1.54) is 0 Å². The fraction of sp³-hybridized carbons (Fsp3) is 0.355. The molecule has 2 N–H and O–H groups in total.